The highest BCUT2D eigenvalue weighted by atomic mass is 19.4. The Kier molecular flexibility index (Phi) is 6.38. The van der Waals surface area contributed by atoms with Gasteiger partial charge in [-0.1, -0.05) is 5.16 Å². The van der Waals surface area contributed by atoms with Crippen LogP contribution in [0, 0.1) is 0 Å². The molecule has 1 fully saturated rings. The number of hydrogen-bond acceptors (Lipinski definition) is 8. The maximum atomic E-state index is 15.5. The van der Waals surface area contributed by atoms with Crippen molar-refractivity contribution in [1.29, 1.82) is 0 Å². The Bertz CT molecular complexity index is 945. The normalized spacial score (nSPS) is 16.0. The molecule has 3 heterocycles. The number of amides is 1. The fourth-order valence-electron chi connectivity index (χ4n) is 2.92. The highest BCUT2D eigenvalue weighted by molar-refractivity contribution is 5.85. The number of aromatic nitrogens is 3. The van der Waals surface area contributed by atoms with Gasteiger partial charge in [0.15, 0.2) is 23.9 Å². The number of alkyl halides is 4. The molecule has 0 aliphatic carbocycles. The minimum absolute atomic E-state index is 0.112. The number of carboxylic acid groups (broad SMARTS) is 1. The van der Waals surface area contributed by atoms with Crippen molar-refractivity contribution in [2.75, 3.05) is 13.1 Å². The van der Waals surface area contributed by atoms with Crippen LogP contribution in [0.2, 0.25) is 0 Å². The molecule has 0 atom stereocenters. The van der Waals surface area contributed by atoms with E-state index in [1.807, 2.05) is 0 Å². The van der Waals surface area contributed by atoms with Gasteiger partial charge in [-0.25, -0.2) is 23.9 Å². The number of carbonyl (C=O) groups excluding carboxylic acids is 1. The van der Waals surface area contributed by atoms with Crippen LogP contribution < -0.4 is 5.32 Å². The van der Waals surface area contributed by atoms with Crippen LogP contribution in [0.4, 0.5) is 22.4 Å². The number of hydrogen-bond donors (Lipinski definition) is 2. The zero-order valence-electron chi connectivity index (χ0n) is 15.9. The molecule has 2 aromatic heterocycles. The Morgan fingerprint density at radius 3 is 2.65 bits per heavy atom. The van der Waals surface area contributed by atoms with Gasteiger partial charge in [0.1, 0.15) is 11.5 Å². The first-order chi connectivity index (χ1) is 14.6. The second-order valence-corrected chi connectivity index (χ2v) is 6.65. The van der Waals surface area contributed by atoms with E-state index in [2.05, 4.69) is 20.4 Å². The number of aromatic carboxylic acids is 1. The fraction of sp³-hybridized carbons (Fsp3) is 0.471. The summed E-state index contributed by atoms with van der Waals surface area (Å²) in [5, 5.41) is 15.0. The van der Waals surface area contributed by atoms with Crippen LogP contribution in [0.5, 0.6) is 0 Å². The molecule has 10 nitrogen and oxygen atoms in total. The largest absolute Gasteiger partial charge is 0.476 e. The van der Waals surface area contributed by atoms with Gasteiger partial charge in [-0.15, -0.1) is 0 Å². The molecule has 2 aromatic rings. The van der Waals surface area contributed by atoms with Crippen LogP contribution in [0.1, 0.15) is 40.6 Å². The molecule has 0 unspecified atom stereocenters. The summed E-state index contributed by atoms with van der Waals surface area (Å²) in [6, 6.07) is 1.68. The third-order valence-electron chi connectivity index (χ3n) is 4.49. The maximum absolute atomic E-state index is 15.5. The van der Waals surface area contributed by atoms with Gasteiger partial charge in [-0.05, 0) is 6.07 Å². The van der Waals surface area contributed by atoms with Crippen molar-refractivity contribution in [3.05, 3.63) is 41.3 Å². The minimum atomic E-state index is -4.74. The average Bonchev–Trinajstić information content (AvgIpc) is 3.20. The molecule has 1 aliphatic heterocycles. The summed E-state index contributed by atoms with van der Waals surface area (Å²) >= 11 is 0. The lowest BCUT2D eigenvalue weighted by molar-refractivity contribution is -0.141. The number of nitrogens with one attached hydrogen (secondary N) is 1. The van der Waals surface area contributed by atoms with Crippen molar-refractivity contribution in [3.63, 3.8) is 0 Å². The lowest BCUT2D eigenvalue weighted by Gasteiger charge is -2.39. The summed E-state index contributed by atoms with van der Waals surface area (Å²) in [5.74, 6) is -4.11. The fourth-order valence-corrected chi connectivity index (χ4v) is 2.92. The molecular formula is C17H17F4N5O5. The second kappa shape index (κ2) is 8.83. The summed E-state index contributed by atoms with van der Waals surface area (Å²) in [7, 11) is 0. The molecule has 0 saturated carbocycles. The number of carboxylic acids is 1. The zero-order valence-corrected chi connectivity index (χ0v) is 15.9. The zero-order chi connectivity index (χ0) is 22.6. The van der Waals surface area contributed by atoms with Crippen LogP contribution in [0.25, 0.3) is 0 Å². The molecule has 0 radical (unpaired) electrons. The van der Waals surface area contributed by atoms with Crippen molar-refractivity contribution < 1.29 is 41.5 Å². The summed E-state index contributed by atoms with van der Waals surface area (Å²) < 4.78 is 64.0. The van der Waals surface area contributed by atoms with E-state index in [9.17, 15) is 22.8 Å². The molecule has 31 heavy (non-hydrogen) atoms. The Hall–Kier alpha value is -3.29. The summed E-state index contributed by atoms with van der Waals surface area (Å²) in [6.07, 6.45) is -5.33. The molecule has 1 aliphatic rings. The van der Waals surface area contributed by atoms with Crippen molar-refractivity contribution in [2.45, 2.75) is 38.0 Å². The Morgan fingerprint density at radius 1 is 1.32 bits per heavy atom. The predicted molar refractivity (Wildman–Crippen MR) is 92.2 cm³/mol. The molecule has 0 spiro atoms. The monoisotopic (exact) mass is 447 g/mol. The van der Waals surface area contributed by atoms with Gasteiger partial charge in [-0.2, -0.15) is 13.2 Å². The Labute approximate surface area is 172 Å². The van der Waals surface area contributed by atoms with Gasteiger partial charge in [0.05, 0.1) is 6.54 Å². The van der Waals surface area contributed by atoms with Crippen molar-refractivity contribution in [3.8, 4) is 0 Å². The molecule has 2 N–H and O–H groups in total. The van der Waals surface area contributed by atoms with Gasteiger partial charge in [0, 0.05) is 38.2 Å². The first-order valence-corrected chi connectivity index (χ1v) is 9.00. The molecule has 14 heteroatoms. The van der Waals surface area contributed by atoms with E-state index in [1.165, 1.54) is 0 Å². The van der Waals surface area contributed by atoms with E-state index < -0.39 is 54.4 Å². The quantitative estimate of drug-likeness (QED) is 0.506. The van der Waals surface area contributed by atoms with E-state index >= 15 is 4.39 Å². The summed E-state index contributed by atoms with van der Waals surface area (Å²) in [4.78, 5) is 31.2. The second-order valence-electron chi connectivity index (χ2n) is 6.65. The molecule has 1 saturated heterocycles. The molecule has 168 valence electrons. The Balaban J connectivity index is 1.79. The predicted octanol–water partition coefficient (Wildman–Crippen LogP) is 2.37. The summed E-state index contributed by atoms with van der Waals surface area (Å²) in [6.45, 7) is -0.773. The van der Waals surface area contributed by atoms with E-state index in [1.54, 1.807) is 0 Å². The van der Waals surface area contributed by atoms with E-state index in [0.717, 1.165) is 12.3 Å². The van der Waals surface area contributed by atoms with Crippen LogP contribution in [-0.2, 0) is 24.1 Å². The Morgan fingerprint density at radius 2 is 2.03 bits per heavy atom. The number of nitrogens with zero attached hydrogens (tertiary/aromatic N) is 4. The third-order valence-corrected chi connectivity index (χ3v) is 4.49. The molecule has 0 aromatic carbocycles. The van der Waals surface area contributed by atoms with E-state index in [-0.39, 0.29) is 31.7 Å². The summed E-state index contributed by atoms with van der Waals surface area (Å²) in [5.41, 5.74) is -1.65. The highest BCUT2D eigenvalue weighted by Crippen LogP contribution is 2.31. The van der Waals surface area contributed by atoms with Crippen LogP contribution in [-0.4, -0.2) is 56.1 Å². The van der Waals surface area contributed by atoms with Crippen molar-refractivity contribution in [1.82, 2.24) is 25.3 Å². The molecule has 3 rings (SSSR count). The van der Waals surface area contributed by atoms with Crippen LogP contribution in [0.15, 0.2) is 22.9 Å². The van der Waals surface area contributed by atoms with Gasteiger partial charge in [0.25, 0.3) is 0 Å². The number of ether oxygens (including phenoxy) is 1. The molecular weight excluding hydrogens is 430 g/mol. The van der Waals surface area contributed by atoms with Gasteiger partial charge in [0.2, 0.25) is 0 Å². The van der Waals surface area contributed by atoms with Gasteiger partial charge in [-0.3, -0.25) is 4.90 Å². The SMILES string of the molecule is O=C(O)c1cc(COC(=O)N(Cc2nccc(C(F)(F)F)n2)C2(F)CCNCC2)on1. The van der Waals surface area contributed by atoms with Gasteiger partial charge < -0.3 is 19.7 Å². The maximum Gasteiger partial charge on any atom is 0.433 e. The van der Waals surface area contributed by atoms with Gasteiger partial charge >= 0.3 is 18.2 Å². The molecule has 1 amide bonds. The smallest absolute Gasteiger partial charge is 0.433 e. The number of carbonyl (C=O) groups is 2. The first kappa shape index (κ1) is 22.4. The lowest BCUT2D eigenvalue weighted by atomic mass is 10.0. The molecule has 0 bridgehead atoms. The highest BCUT2D eigenvalue weighted by Gasteiger charge is 2.43. The standard InChI is InChI=1S/C17H17F4N5O5/c18-16(2-5-22-6-3-16)26(8-13-23-4-1-12(24-13)17(19,20)21)15(29)30-9-10-7-11(14(27)28)25-31-10/h1,4,7,22H,2-3,5-6,8-9H2,(H,27,28). The first-order valence-electron chi connectivity index (χ1n) is 9.00. The lowest BCUT2D eigenvalue weighted by Crippen LogP contribution is -2.54. The third kappa shape index (κ3) is 5.45. The van der Waals surface area contributed by atoms with Crippen molar-refractivity contribution in [2.24, 2.45) is 0 Å². The van der Waals surface area contributed by atoms with Crippen molar-refractivity contribution >= 4 is 12.1 Å². The number of piperidine rings is 1. The van der Waals surface area contributed by atoms with E-state index in [4.69, 9.17) is 14.4 Å². The van der Waals surface area contributed by atoms with Crippen LogP contribution >= 0.6 is 0 Å². The number of halogens is 4. The van der Waals surface area contributed by atoms with E-state index in [0.29, 0.717) is 11.0 Å². The minimum Gasteiger partial charge on any atom is -0.476 e. The topological polar surface area (TPSA) is 131 Å². The average molecular weight is 447 g/mol. The van der Waals surface area contributed by atoms with Crippen LogP contribution in [0.3, 0.4) is 0 Å². The number of rotatable bonds is 6.